The van der Waals surface area contributed by atoms with Gasteiger partial charge in [0.1, 0.15) is 17.3 Å². The van der Waals surface area contributed by atoms with Crippen molar-refractivity contribution in [3.63, 3.8) is 0 Å². The van der Waals surface area contributed by atoms with Crippen LogP contribution in [0.5, 0.6) is 0 Å². The zero-order valence-electron chi connectivity index (χ0n) is 13.8. The third-order valence-corrected chi connectivity index (χ3v) is 4.37. The number of halogens is 1. The number of nitrogens with two attached hydrogens (primary N) is 1. The van der Waals surface area contributed by atoms with E-state index in [1.54, 1.807) is 24.3 Å². The molecule has 0 aliphatic carbocycles. The van der Waals surface area contributed by atoms with Crippen LogP contribution >= 0.6 is 0 Å². The van der Waals surface area contributed by atoms with E-state index in [9.17, 15) is 4.39 Å². The summed E-state index contributed by atoms with van der Waals surface area (Å²) in [5.41, 5.74) is 12.2. The zero-order valence-corrected chi connectivity index (χ0v) is 13.8. The fourth-order valence-electron chi connectivity index (χ4n) is 2.99. The molecule has 1 saturated heterocycles. The molecule has 0 saturated carbocycles. The second-order valence-electron chi connectivity index (χ2n) is 6.14. The molecule has 0 bridgehead atoms. The molecule has 0 amide bonds. The van der Waals surface area contributed by atoms with Gasteiger partial charge in [-0.1, -0.05) is 12.1 Å². The Bertz CT molecular complexity index is 741. The number of hydrogen-bond donors (Lipinski definition) is 4. The number of nitrogens with zero attached hydrogens (tertiary/aromatic N) is 1. The average Bonchev–Trinajstić information content (AvgIpc) is 3.21. The minimum Gasteiger partial charge on any atom is -0.460 e. The Labute approximate surface area is 146 Å². The number of hydrazine groups is 1. The number of rotatable bonds is 7. The molecule has 5 N–H and O–H groups in total. The van der Waals surface area contributed by atoms with E-state index in [0.717, 1.165) is 25.1 Å². The highest BCUT2D eigenvalue weighted by Crippen LogP contribution is 2.24. The van der Waals surface area contributed by atoms with Gasteiger partial charge in [0.25, 0.3) is 0 Å². The summed E-state index contributed by atoms with van der Waals surface area (Å²) in [5.74, 6) is 0.783. The molecule has 2 heterocycles. The monoisotopic (exact) mass is 343 g/mol. The number of nitrogens with one attached hydrogen (secondary N) is 3. The molecule has 1 fully saturated rings. The van der Waals surface area contributed by atoms with Crippen LogP contribution in [-0.4, -0.2) is 18.8 Å². The minimum absolute atomic E-state index is 0.0677. The van der Waals surface area contributed by atoms with Gasteiger partial charge in [0.05, 0.1) is 30.3 Å². The number of nitriles is 1. The lowest BCUT2D eigenvalue weighted by Crippen LogP contribution is -2.38. The van der Waals surface area contributed by atoms with Gasteiger partial charge in [-0.25, -0.2) is 9.82 Å². The number of benzene rings is 1. The van der Waals surface area contributed by atoms with Crippen LogP contribution in [0.3, 0.4) is 0 Å². The molecule has 3 unspecified atom stereocenters. The quantitative estimate of drug-likeness (QED) is 0.573. The van der Waals surface area contributed by atoms with E-state index < -0.39 is 0 Å². The molecular formula is C18H22FN5O. The maximum atomic E-state index is 13.8. The highest BCUT2D eigenvalue weighted by atomic mass is 19.1. The SMILES string of the molecule is N#CC1C(N)NNC1CCCNCc1ccc(-c2ccccc2F)o1. The van der Waals surface area contributed by atoms with E-state index in [2.05, 4.69) is 22.2 Å². The van der Waals surface area contributed by atoms with Gasteiger partial charge < -0.3 is 15.5 Å². The molecule has 132 valence electrons. The number of hydrogen-bond acceptors (Lipinski definition) is 6. The Morgan fingerprint density at radius 1 is 1.24 bits per heavy atom. The van der Waals surface area contributed by atoms with Crippen LogP contribution in [0, 0.1) is 23.1 Å². The van der Waals surface area contributed by atoms with Gasteiger partial charge in [0.15, 0.2) is 0 Å². The van der Waals surface area contributed by atoms with E-state index in [-0.39, 0.29) is 23.9 Å². The van der Waals surface area contributed by atoms with E-state index in [0.29, 0.717) is 17.9 Å². The van der Waals surface area contributed by atoms with E-state index in [1.165, 1.54) is 6.07 Å². The van der Waals surface area contributed by atoms with Crippen LogP contribution in [0.15, 0.2) is 40.8 Å². The highest BCUT2D eigenvalue weighted by molar-refractivity contribution is 5.58. The number of furan rings is 1. The first-order valence-electron chi connectivity index (χ1n) is 8.39. The smallest absolute Gasteiger partial charge is 0.137 e. The van der Waals surface area contributed by atoms with Crippen molar-refractivity contribution in [2.24, 2.45) is 11.7 Å². The zero-order chi connectivity index (χ0) is 17.6. The molecule has 1 aliphatic rings. The standard InChI is InChI=1S/C18H22FN5O/c19-15-5-2-1-4-13(15)17-8-7-12(25-17)11-22-9-3-6-16-14(10-20)18(21)24-23-16/h1-2,4-5,7-8,14,16,18,22-24H,3,6,9,11,21H2. The predicted octanol–water partition coefficient (Wildman–Crippen LogP) is 1.86. The van der Waals surface area contributed by atoms with Gasteiger partial charge in [-0.3, -0.25) is 5.43 Å². The van der Waals surface area contributed by atoms with Gasteiger partial charge in [-0.15, -0.1) is 0 Å². The lowest BCUT2D eigenvalue weighted by atomic mass is 9.97. The summed E-state index contributed by atoms with van der Waals surface area (Å²) in [6, 6.07) is 12.5. The summed E-state index contributed by atoms with van der Waals surface area (Å²) in [7, 11) is 0. The Morgan fingerprint density at radius 2 is 2.08 bits per heavy atom. The minimum atomic E-state index is -0.317. The van der Waals surface area contributed by atoms with Crippen molar-refractivity contribution < 1.29 is 8.81 Å². The maximum absolute atomic E-state index is 13.8. The Hall–Kier alpha value is -2.24. The van der Waals surface area contributed by atoms with Crippen LogP contribution in [0.1, 0.15) is 18.6 Å². The second kappa shape index (κ2) is 8.23. The van der Waals surface area contributed by atoms with Crippen LogP contribution in [-0.2, 0) is 6.54 Å². The van der Waals surface area contributed by atoms with Crippen molar-refractivity contribution in [3.8, 4) is 17.4 Å². The van der Waals surface area contributed by atoms with Crippen molar-refractivity contribution >= 4 is 0 Å². The van der Waals surface area contributed by atoms with Gasteiger partial charge in [0.2, 0.25) is 0 Å². The summed E-state index contributed by atoms with van der Waals surface area (Å²) in [5, 5.41) is 12.4. The first-order valence-corrected chi connectivity index (χ1v) is 8.39. The fourth-order valence-corrected chi connectivity index (χ4v) is 2.99. The van der Waals surface area contributed by atoms with E-state index in [4.69, 9.17) is 15.4 Å². The van der Waals surface area contributed by atoms with Gasteiger partial charge >= 0.3 is 0 Å². The second-order valence-corrected chi connectivity index (χ2v) is 6.14. The normalized spacial score (nSPS) is 22.8. The molecule has 2 aromatic rings. The molecular weight excluding hydrogens is 321 g/mol. The topological polar surface area (TPSA) is 99.0 Å². The molecule has 0 radical (unpaired) electrons. The summed E-state index contributed by atoms with van der Waals surface area (Å²) in [6.07, 6.45) is 1.44. The van der Waals surface area contributed by atoms with Crippen molar-refractivity contribution in [1.82, 2.24) is 16.2 Å². The van der Waals surface area contributed by atoms with Gasteiger partial charge in [0, 0.05) is 6.04 Å². The molecule has 1 aliphatic heterocycles. The molecule has 25 heavy (non-hydrogen) atoms. The first-order chi connectivity index (χ1) is 12.2. The Kier molecular flexibility index (Phi) is 5.79. The Morgan fingerprint density at radius 3 is 2.88 bits per heavy atom. The third kappa shape index (κ3) is 4.24. The van der Waals surface area contributed by atoms with Crippen molar-refractivity contribution in [1.29, 1.82) is 5.26 Å². The molecule has 1 aromatic heterocycles. The van der Waals surface area contributed by atoms with E-state index in [1.807, 2.05) is 6.07 Å². The highest BCUT2D eigenvalue weighted by Gasteiger charge is 2.32. The molecule has 1 aromatic carbocycles. The van der Waals surface area contributed by atoms with Crippen molar-refractivity contribution in [2.45, 2.75) is 31.6 Å². The largest absolute Gasteiger partial charge is 0.460 e. The summed E-state index contributed by atoms with van der Waals surface area (Å²) in [6.45, 7) is 1.37. The van der Waals surface area contributed by atoms with Crippen LogP contribution in [0.4, 0.5) is 4.39 Å². The first kappa shape index (κ1) is 17.6. The fraction of sp³-hybridized carbons (Fsp3) is 0.389. The molecule has 0 spiro atoms. The molecule has 3 atom stereocenters. The van der Waals surface area contributed by atoms with Crippen LogP contribution < -0.4 is 21.9 Å². The predicted molar refractivity (Wildman–Crippen MR) is 92.2 cm³/mol. The summed E-state index contributed by atoms with van der Waals surface area (Å²) < 4.78 is 19.4. The van der Waals surface area contributed by atoms with Crippen molar-refractivity contribution in [2.75, 3.05) is 6.54 Å². The lowest BCUT2D eigenvalue weighted by Gasteiger charge is -2.13. The van der Waals surface area contributed by atoms with Gasteiger partial charge in [-0.2, -0.15) is 5.26 Å². The maximum Gasteiger partial charge on any atom is 0.137 e. The summed E-state index contributed by atoms with van der Waals surface area (Å²) >= 11 is 0. The lowest BCUT2D eigenvalue weighted by molar-refractivity contribution is 0.443. The average molecular weight is 343 g/mol. The van der Waals surface area contributed by atoms with Crippen molar-refractivity contribution in [3.05, 3.63) is 48.0 Å². The van der Waals surface area contributed by atoms with Crippen LogP contribution in [0.2, 0.25) is 0 Å². The summed E-state index contributed by atoms with van der Waals surface area (Å²) in [4.78, 5) is 0. The van der Waals surface area contributed by atoms with E-state index >= 15 is 0 Å². The van der Waals surface area contributed by atoms with Crippen LogP contribution in [0.25, 0.3) is 11.3 Å². The van der Waals surface area contributed by atoms with Gasteiger partial charge in [-0.05, 0) is 43.7 Å². The third-order valence-electron chi connectivity index (χ3n) is 4.37. The molecule has 6 nitrogen and oxygen atoms in total. The molecule has 7 heteroatoms. The Balaban J connectivity index is 1.42. The molecule has 3 rings (SSSR count).